The Labute approximate surface area is 74.8 Å². The first-order chi connectivity index (χ1) is 6.16. The Kier molecular flexibility index (Phi) is 1.62. The summed E-state index contributed by atoms with van der Waals surface area (Å²) >= 11 is 0. The lowest BCUT2D eigenvalue weighted by Gasteiger charge is -1.90. The van der Waals surface area contributed by atoms with Crippen LogP contribution in [0, 0.1) is 6.92 Å². The number of hydrogen-bond acceptors (Lipinski definition) is 2. The second-order valence-electron chi connectivity index (χ2n) is 2.98. The highest BCUT2D eigenvalue weighted by Gasteiger charge is 2.05. The minimum atomic E-state index is -0.0657. The first-order valence-electron chi connectivity index (χ1n) is 3.99. The number of rotatable bonds is 1. The molecule has 2 aromatic rings. The Hall–Kier alpha value is -1.71. The van der Waals surface area contributed by atoms with Gasteiger partial charge in [0.15, 0.2) is 5.76 Å². The monoisotopic (exact) mass is 178 g/mol. The van der Waals surface area contributed by atoms with Crippen LogP contribution >= 0.6 is 0 Å². The Morgan fingerprint density at radius 3 is 2.69 bits per heavy atom. The maximum absolute atomic E-state index is 11.1. The lowest BCUT2D eigenvalue weighted by Crippen LogP contribution is -2.09. The Morgan fingerprint density at radius 2 is 2.23 bits per heavy atom. The molecule has 4 heteroatoms. The van der Waals surface area contributed by atoms with Crippen LogP contribution in [0.15, 0.2) is 27.4 Å². The molecule has 0 fully saturated rings. The van der Waals surface area contributed by atoms with Gasteiger partial charge in [-0.05, 0) is 19.1 Å². The number of H-pyrrole nitrogens is 1. The zero-order valence-corrected chi connectivity index (χ0v) is 7.50. The predicted molar refractivity (Wildman–Crippen MR) is 48.5 cm³/mol. The van der Waals surface area contributed by atoms with Crippen molar-refractivity contribution in [2.75, 3.05) is 0 Å². The van der Waals surface area contributed by atoms with E-state index in [-0.39, 0.29) is 5.56 Å². The molecule has 2 rings (SSSR count). The fraction of sp³-hybridized carbons (Fsp3) is 0.222. The van der Waals surface area contributed by atoms with E-state index in [1.807, 2.05) is 19.1 Å². The van der Waals surface area contributed by atoms with Gasteiger partial charge < -0.3 is 4.42 Å². The van der Waals surface area contributed by atoms with Crippen molar-refractivity contribution in [2.45, 2.75) is 6.92 Å². The maximum atomic E-state index is 11.1. The van der Waals surface area contributed by atoms with Crippen molar-refractivity contribution in [1.82, 2.24) is 9.78 Å². The molecule has 68 valence electrons. The van der Waals surface area contributed by atoms with Crippen LogP contribution in [0.25, 0.3) is 11.5 Å². The van der Waals surface area contributed by atoms with Crippen LogP contribution in [-0.4, -0.2) is 9.78 Å². The quantitative estimate of drug-likeness (QED) is 0.715. The van der Waals surface area contributed by atoms with Crippen molar-refractivity contribution in [3.63, 3.8) is 0 Å². The molecule has 0 aliphatic carbocycles. The summed E-state index contributed by atoms with van der Waals surface area (Å²) in [6, 6.07) is 5.21. The molecular weight excluding hydrogens is 168 g/mol. The summed E-state index contributed by atoms with van der Waals surface area (Å²) in [5.41, 5.74) is 0.643. The summed E-state index contributed by atoms with van der Waals surface area (Å²) in [7, 11) is 1.67. The number of aryl methyl sites for hydroxylation is 2. The van der Waals surface area contributed by atoms with Gasteiger partial charge in [0.25, 0.3) is 5.56 Å². The normalized spacial score (nSPS) is 10.6. The molecule has 0 radical (unpaired) electrons. The summed E-state index contributed by atoms with van der Waals surface area (Å²) in [6.45, 7) is 1.87. The van der Waals surface area contributed by atoms with Crippen molar-refractivity contribution >= 4 is 0 Å². The zero-order valence-electron chi connectivity index (χ0n) is 7.50. The molecular formula is C9H10N2O2. The predicted octanol–water partition coefficient (Wildman–Crippen LogP) is 1.28. The fourth-order valence-electron chi connectivity index (χ4n) is 1.19. The summed E-state index contributed by atoms with van der Waals surface area (Å²) in [6.07, 6.45) is 0. The van der Waals surface area contributed by atoms with Crippen LogP contribution in [-0.2, 0) is 7.05 Å². The second-order valence-corrected chi connectivity index (χ2v) is 2.98. The SMILES string of the molecule is Cc1ccc(-c2cc(=O)n(C)[nH]2)o1. The smallest absolute Gasteiger partial charge is 0.266 e. The van der Waals surface area contributed by atoms with E-state index >= 15 is 0 Å². The van der Waals surface area contributed by atoms with Gasteiger partial charge in [-0.15, -0.1) is 0 Å². The highest BCUT2D eigenvalue weighted by Crippen LogP contribution is 2.17. The first-order valence-corrected chi connectivity index (χ1v) is 3.99. The van der Waals surface area contributed by atoms with E-state index in [0.29, 0.717) is 11.5 Å². The minimum Gasteiger partial charge on any atom is -0.460 e. The van der Waals surface area contributed by atoms with E-state index in [0.717, 1.165) is 5.76 Å². The van der Waals surface area contributed by atoms with Crippen molar-refractivity contribution in [1.29, 1.82) is 0 Å². The number of nitrogens with one attached hydrogen (secondary N) is 1. The molecule has 1 N–H and O–H groups in total. The summed E-state index contributed by atoms with van der Waals surface area (Å²) in [4.78, 5) is 11.1. The van der Waals surface area contributed by atoms with Gasteiger partial charge in [-0.25, -0.2) is 0 Å². The van der Waals surface area contributed by atoms with Gasteiger partial charge in [0, 0.05) is 13.1 Å². The average Bonchev–Trinajstić information content (AvgIpc) is 2.61. The van der Waals surface area contributed by atoms with Crippen molar-refractivity contribution < 1.29 is 4.42 Å². The molecule has 0 aliphatic heterocycles. The summed E-state index contributed by atoms with van der Waals surface area (Å²) < 4.78 is 6.76. The summed E-state index contributed by atoms with van der Waals surface area (Å²) in [5.74, 6) is 1.52. The largest absolute Gasteiger partial charge is 0.460 e. The molecule has 0 amide bonds. The van der Waals surface area contributed by atoms with E-state index in [9.17, 15) is 4.79 Å². The zero-order chi connectivity index (χ0) is 9.42. The molecule has 0 bridgehead atoms. The lowest BCUT2D eigenvalue weighted by molar-refractivity contribution is 0.545. The number of aromatic nitrogens is 2. The van der Waals surface area contributed by atoms with Crippen LogP contribution in [0.2, 0.25) is 0 Å². The highest BCUT2D eigenvalue weighted by atomic mass is 16.3. The number of aromatic amines is 1. The molecule has 0 saturated carbocycles. The molecule has 0 saturated heterocycles. The summed E-state index contributed by atoms with van der Waals surface area (Å²) in [5, 5.41) is 2.88. The standard InChI is InChI=1S/C9H10N2O2/c1-6-3-4-8(13-6)7-5-9(12)11(2)10-7/h3-5,10H,1-2H3. The third-order valence-corrected chi connectivity index (χ3v) is 1.89. The Balaban J connectivity index is 2.52. The molecule has 0 atom stereocenters. The van der Waals surface area contributed by atoms with E-state index in [2.05, 4.69) is 5.10 Å². The van der Waals surface area contributed by atoms with Crippen molar-refractivity contribution in [2.24, 2.45) is 7.05 Å². The van der Waals surface area contributed by atoms with Gasteiger partial charge in [0.05, 0.1) is 0 Å². The number of nitrogens with zero attached hydrogens (tertiary/aromatic N) is 1. The highest BCUT2D eigenvalue weighted by molar-refractivity contribution is 5.51. The topological polar surface area (TPSA) is 50.9 Å². The molecule has 13 heavy (non-hydrogen) atoms. The molecule has 0 spiro atoms. The van der Waals surface area contributed by atoms with E-state index in [1.165, 1.54) is 10.7 Å². The average molecular weight is 178 g/mol. The van der Waals surface area contributed by atoms with Gasteiger partial charge in [-0.1, -0.05) is 0 Å². The van der Waals surface area contributed by atoms with Crippen LogP contribution in [0.4, 0.5) is 0 Å². The van der Waals surface area contributed by atoms with E-state index < -0.39 is 0 Å². The molecule has 4 nitrogen and oxygen atoms in total. The van der Waals surface area contributed by atoms with Gasteiger partial charge in [0.2, 0.25) is 0 Å². The van der Waals surface area contributed by atoms with Crippen LogP contribution in [0.1, 0.15) is 5.76 Å². The molecule has 2 aromatic heterocycles. The number of furan rings is 1. The van der Waals surface area contributed by atoms with Gasteiger partial charge in [0.1, 0.15) is 11.5 Å². The van der Waals surface area contributed by atoms with Crippen molar-refractivity contribution in [3.05, 3.63) is 34.3 Å². The second kappa shape index (κ2) is 2.65. The lowest BCUT2D eigenvalue weighted by atomic mass is 10.3. The van der Waals surface area contributed by atoms with Gasteiger partial charge >= 0.3 is 0 Å². The van der Waals surface area contributed by atoms with Gasteiger partial charge in [-0.2, -0.15) is 0 Å². The third kappa shape index (κ3) is 1.30. The minimum absolute atomic E-state index is 0.0657. The van der Waals surface area contributed by atoms with Crippen molar-refractivity contribution in [3.8, 4) is 11.5 Å². The molecule has 0 aromatic carbocycles. The van der Waals surface area contributed by atoms with E-state index in [1.54, 1.807) is 7.05 Å². The van der Waals surface area contributed by atoms with Gasteiger partial charge in [-0.3, -0.25) is 14.6 Å². The molecule has 0 aliphatic rings. The molecule has 2 heterocycles. The maximum Gasteiger partial charge on any atom is 0.266 e. The molecule has 0 unspecified atom stereocenters. The van der Waals surface area contributed by atoms with Crippen LogP contribution < -0.4 is 5.56 Å². The van der Waals surface area contributed by atoms with Crippen LogP contribution in [0.3, 0.4) is 0 Å². The first kappa shape index (κ1) is 7.91. The number of hydrogen-bond donors (Lipinski definition) is 1. The Morgan fingerprint density at radius 1 is 1.46 bits per heavy atom. The van der Waals surface area contributed by atoms with E-state index in [4.69, 9.17) is 4.42 Å². The Bertz CT molecular complexity index is 476. The van der Waals surface area contributed by atoms with Crippen LogP contribution in [0.5, 0.6) is 0 Å². The third-order valence-electron chi connectivity index (χ3n) is 1.89. The fourth-order valence-corrected chi connectivity index (χ4v) is 1.19.